The molecule has 7 nitrogen and oxygen atoms in total. The summed E-state index contributed by atoms with van der Waals surface area (Å²) >= 11 is 1.64. The van der Waals surface area contributed by atoms with Crippen molar-refractivity contribution in [1.82, 2.24) is 9.97 Å². The summed E-state index contributed by atoms with van der Waals surface area (Å²) in [6.45, 7) is 2.48. The van der Waals surface area contributed by atoms with Crippen LogP contribution in [0.1, 0.15) is 10.4 Å². The fourth-order valence-corrected chi connectivity index (χ4v) is 2.92. The summed E-state index contributed by atoms with van der Waals surface area (Å²) in [5, 5.41) is 16.5. The SMILES string of the molecule is Cc1ccc(Oc2ncnc(NCCc3cccs3)c2[N+](=O)[O-])cc1. The van der Waals surface area contributed by atoms with Crippen LogP contribution in [0.25, 0.3) is 0 Å². The van der Waals surface area contributed by atoms with Gasteiger partial charge in [0.25, 0.3) is 0 Å². The third-order valence-corrected chi connectivity index (χ3v) is 4.39. The molecule has 2 heterocycles. The highest BCUT2D eigenvalue weighted by molar-refractivity contribution is 7.09. The van der Waals surface area contributed by atoms with Crippen LogP contribution in [-0.2, 0) is 6.42 Å². The van der Waals surface area contributed by atoms with E-state index >= 15 is 0 Å². The molecule has 0 aliphatic carbocycles. The van der Waals surface area contributed by atoms with Crippen molar-refractivity contribution in [3.63, 3.8) is 0 Å². The number of aryl methyl sites for hydroxylation is 1. The van der Waals surface area contributed by atoms with Crippen molar-refractivity contribution in [3.05, 3.63) is 68.7 Å². The van der Waals surface area contributed by atoms with Gasteiger partial charge in [0.05, 0.1) is 4.92 Å². The predicted octanol–water partition coefficient (Wildman–Crippen LogP) is 4.20. The molecule has 0 spiro atoms. The minimum Gasteiger partial charge on any atom is -0.434 e. The zero-order valence-corrected chi connectivity index (χ0v) is 14.3. The molecule has 8 heteroatoms. The van der Waals surface area contributed by atoms with Gasteiger partial charge in [0, 0.05) is 11.4 Å². The van der Waals surface area contributed by atoms with Crippen molar-refractivity contribution in [3.8, 4) is 11.6 Å². The van der Waals surface area contributed by atoms with E-state index < -0.39 is 4.92 Å². The monoisotopic (exact) mass is 356 g/mol. The average molecular weight is 356 g/mol. The molecule has 0 aliphatic rings. The molecular formula is C17H16N4O3S. The van der Waals surface area contributed by atoms with Gasteiger partial charge in [-0.1, -0.05) is 23.8 Å². The summed E-state index contributed by atoms with van der Waals surface area (Å²) in [7, 11) is 0. The van der Waals surface area contributed by atoms with Gasteiger partial charge < -0.3 is 10.1 Å². The van der Waals surface area contributed by atoms with Gasteiger partial charge in [-0.3, -0.25) is 10.1 Å². The molecule has 0 amide bonds. The number of hydrogen-bond acceptors (Lipinski definition) is 7. The molecule has 0 atom stereocenters. The molecule has 0 saturated heterocycles. The summed E-state index contributed by atoms with van der Waals surface area (Å²) in [6.07, 6.45) is 2.01. The highest BCUT2D eigenvalue weighted by Gasteiger charge is 2.24. The lowest BCUT2D eigenvalue weighted by atomic mass is 10.2. The van der Waals surface area contributed by atoms with Crippen molar-refractivity contribution in [2.75, 3.05) is 11.9 Å². The molecule has 0 saturated carbocycles. The average Bonchev–Trinajstić information content (AvgIpc) is 3.10. The Hall–Kier alpha value is -3.00. The van der Waals surface area contributed by atoms with Gasteiger partial charge in [0.2, 0.25) is 5.82 Å². The van der Waals surface area contributed by atoms with Crippen LogP contribution in [0.5, 0.6) is 11.6 Å². The van der Waals surface area contributed by atoms with Crippen LogP contribution < -0.4 is 10.1 Å². The van der Waals surface area contributed by atoms with Gasteiger partial charge in [-0.25, -0.2) is 4.98 Å². The molecule has 0 aliphatic heterocycles. The summed E-state index contributed by atoms with van der Waals surface area (Å²) < 4.78 is 5.59. The third kappa shape index (κ3) is 4.30. The van der Waals surface area contributed by atoms with Crippen LogP contribution in [0.15, 0.2) is 48.1 Å². The Morgan fingerprint density at radius 2 is 2.04 bits per heavy atom. The largest absolute Gasteiger partial charge is 0.434 e. The number of aromatic nitrogens is 2. The van der Waals surface area contributed by atoms with Gasteiger partial charge >= 0.3 is 11.6 Å². The summed E-state index contributed by atoms with van der Waals surface area (Å²) in [4.78, 5) is 20.1. The van der Waals surface area contributed by atoms with Gasteiger partial charge in [-0.15, -0.1) is 11.3 Å². The molecule has 2 aromatic heterocycles. The Labute approximate surface area is 148 Å². The first kappa shape index (κ1) is 16.8. The van der Waals surface area contributed by atoms with Crippen LogP contribution in [0.4, 0.5) is 11.5 Å². The smallest absolute Gasteiger partial charge is 0.373 e. The van der Waals surface area contributed by atoms with Crippen LogP contribution in [0, 0.1) is 17.0 Å². The number of anilines is 1. The Bertz CT molecular complexity index is 851. The summed E-state index contributed by atoms with van der Waals surface area (Å²) in [5.41, 5.74) is 0.801. The Morgan fingerprint density at radius 1 is 1.24 bits per heavy atom. The molecule has 3 rings (SSSR count). The first-order valence-corrected chi connectivity index (χ1v) is 8.51. The molecule has 0 bridgehead atoms. The number of rotatable bonds is 7. The van der Waals surface area contributed by atoms with Crippen LogP contribution >= 0.6 is 11.3 Å². The van der Waals surface area contributed by atoms with Crippen molar-refractivity contribution >= 4 is 22.8 Å². The minimum atomic E-state index is -0.531. The van der Waals surface area contributed by atoms with Gasteiger partial charge in [-0.2, -0.15) is 4.98 Å². The van der Waals surface area contributed by atoms with Crippen LogP contribution in [0.3, 0.4) is 0 Å². The molecule has 25 heavy (non-hydrogen) atoms. The first-order chi connectivity index (χ1) is 12.1. The van der Waals surface area contributed by atoms with E-state index in [2.05, 4.69) is 15.3 Å². The number of hydrogen-bond donors (Lipinski definition) is 1. The van der Waals surface area contributed by atoms with E-state index in [1.165, 1.54) is 11.2 Å². The first-order valence-electron chi connectivity index (χ1n) is 7.63. The lowest BCUT2D eigenvalue weighted by Crippen LogP contribution is -2.09. The van der Waals surface area contributed by atoms with E-state index in [1.807, 2.05) is 36.6 Å². The van der Waals surface area contributed by atoms with E-state index in [0.29, 0.717) is 12.3 Å². The fraction of sp³-hybridized carbons (Fsp3) is 0.176. The lowest BCUT2D eigenvalue weighted by Gasteiger charge is -2.09. The molecule has 1 aromatic carbocycles. The van der Waals surface area contributed by atoms with E-state index in [9.17, 15) is 10.1 Å². The molecule has 0 radical (unpaired) electrons. The van der Waals surface area contributed by atoms with Crippen LogP contribution in [0.2, 0.25) is 0 Å². The van der Waals surface area contributed by atoms with Crippen molar-refractivity contribution in [2.24, 2.45) is 0 Å². The number of nitrogens with zero attached hydrogens (tertiary/aromatic N) is 3. The van der Waals surface area contributed by atoms with E-state index in [1.54, 1.807) is 23.5 Å². The summed E-state index contributed by atoms with van der Waals surface area (Å²) in [5.74, 6) is 0.554. The van der Waals surface area contributed by atoms with Gasteiger partial charge in [0.1, 0.15) is 12.1 Å². The molecule has 3 aromatic rings. The normalized spacial score (nSPS) is 10.4. The second kappa shape index (κ2) is 7.71. The van der Waals surface area contributed by atoms with Crippen molar-refractivity contribution in [2.45, 2.75) is 13.3 Å². The Balaban J connectivity index is 1.78. The molecule has 1 N–H and O–H groups in total. The van der Waals surface area contributed by atoms with E-state index in [0.717, 1.165) is 12.0 Å². The Morgan fingerprint density at radius 3 is 2.72 bits per heavy atom. The third-order valence-electron chi connectivity index (χ3n) is 3.45. The quantitative estimate of drug-likeness (QED) is 0.504. The predicted molar refractivity (Wildman–Crippen MR) is 96.5 cm³/mol. The van der Waals surface area contributed by atoms with Crippen molar-refractivity contribution in [1.29, 1.82) is 0 Å². The molecule has 0 fully saturated rings. The zero-order chi connectivity index (χ0) is 17.6. The number of benzene rings is 1. The fourth-order valence-electron chi connectivity index (χ4n) is 2.21. The lowest BCUT2D eigenvalue weighted by molar-refractivity contribution is -0.385. The van der Waals surface area contributed by atoms with Crippen LogP contribution in [-0.4, -0.2) is 21.4 Å². The summed E-state index contributed by atoms with van der Waals surface area (Å²) in [6, 6.07) is 11.2. The maximum atomic E-state index is 11.5. The van der Waals surface area contributed by atoms with Gasteiger partial charge in [-0.05, 0) is 36.9 Å². The maximum absolute atomic E-state index is 11.5. The van der Waals surface area contributed by atoms with E-state index in [-0.39, 0.29) is 17.4 Å². The molecule has 0 unspecified atom stereocenters. The topological polar surface area (TPSA) is 90.2 Å². The number of thiophene rings is 1. The highest BCUT2D eigenvalue weighted by Crippen LogP contribution is 2.34. The van der Waals surface area contributed by atoms with Gasteiger partial charge in [0.15, 0.2) is 0 Å². The highest BCUT2D eigenvalue weighted by atomic mass is 32.1. The number of ether oxygens (including phenoxy) is 1. The standard InChI is InChI=1S/C17H16N4O3S/c1-12-4-6-13(7-5-12)24-17-15(21(22)23)16(19-11-20-17)18-9-8-14-3-2-10-25-14/h2-7,10-11H,8-9H2,1H3,(H,18,19,20). The second-order valence-corrected chi connectivity index (χ2v) is 6.34. The zero-order valence-electron chi connectivity index (χ0n) is 13.5. The second-order valence-electron chi connectivity index (χ2n) is 5.30. The van der Waals surface area contributed by atoms with Crippen molar-refractivity contribution < 1.29 is 9.66 Å². The molecular weight excluding hydrogens is 340 g/mol. The minimum absolute atomic E-state index is 0.0810. The van der Waals surface area contributed by atoms with E-state index in [4.69, 9.17) is 4.74 Å². The number of nitrogens with one attached hydrogen (secondary N) is 1. The number of nitro groups is 1. The maximum Gasteiger partial charge on any atom is 0.373 e. The molecule has 128 valence electrons. The Kier molecular flexibility index (Phi) is 5.20.